The molecule has 0 saturated carbocycles. The molecule has 3 heterocycles. The first-order valence-electron chi connectivity index (χ1n) is 8.83. The number of sulfonamides is 1. The zero-order valence-electron chi connectivity index (χ0n) is 14.9. The van der Waals surface area contributed by atoms with Crippen molar-refractivity contribution in [2.24, 2.45) is 5.92 Å². The molecule has 2 aliphatic heterocycles. The maximum Gasteiger partial charge on any atom is 0.214 e. The Hall–Kier alpha value is -1.22. The highest BCUT2D eigenvalue weighted by Crippen LogP contribution is 2.28. The Morgan fingerprint density at radius 2 is 2.20 bits per heavy atom. The van der Waals surface area contributed by atoms with Gasteiger partial charge in [-0.3, -0.25) is 4.90 Å². The number of likely N-dealkylation sites (tertiary alicyclic amines) is 1. The number of hydrogen-bond acceptors (Lipinski definition) is 6. The summed E-state index contributed by atoms with van der Waals surface area (Å²) in [6, 6.07) is 5.81. The maximum atomic E-state index is 12.4. The fourth-order valence-corrected chi connectivity index (χ4v) is 5.11. The Kier molecular flexibility index (Phi) is 5.93. The summed E-state index contributed by atoms with van der Waals surface area (Å²) in [5, 5.41) is 0. The summed E-state index contributed by atoms with van der Waals surface area (Å²) in [6.45, 7) is 5.68. The SMILES string of the molecule is CCS(=O)(=O)N1CCOC[C@H]2CN(Cc3cccc(OC)n3)CC[C@H]21. The standard InChI is InChI=1S/C17H27N3O4S/c1-3-25(21,22)20-9-10-24-13-14-11-19(8-7-16(14)20)12-15-5-4-6-17(18-15)23-2/h4-6,14,16H,3,7-13H2,1-2H3/t14-,16-/m1/s1. The van der Waals surface area contributed by atoms with E-state index in [-0.39, 0.29) is 17.7 Å². The molecule has 8 heteroatoms. The van der Waals surface area contributed by atoms with Gasteiger partial charge in [0.1, 0.15) is 0 Å². The van der Waals surface area contributed by atoms with Crippen molar-refractivity contribution in [2.75, 3.05) is 45.7 Å². The molecule has 140 valence electrons. The van der Waals surface area contributed by atoms with Gasteiger partial charge in [0.25, 0.3) is 0 Å². The molecule has 1 aromatic heterocycles. The van der Waals surface area contributed by atoms with Crippen molar-refractivity contribution in [1.82, 2.24) is 14.2 Å². The smallest absolute Gasteiger partial charge is 0.214 e. The lowest BCUT2D eigenvalue weighted by molar-refractivity contribution is 0.0607. The van der Waals surface area contributed by atoms with Gasteiger partial charge < -0.3 is 9.47 Å². The minimum absolute atomic E-state index is 0.0435. The summed E-state index contributed by atoms with van der Waals surface area (Å²) >= 11 is 0. The zero-order chi connectivity index (χ0) is 17.9. The molecule has 25 heavy (non-hydrogen) atoms. The lowest BCUT2D eigenvalue weighted by Crippen LogP contribution is -2.53. The molecular weight excluding hydrogens is 342 g/mol. The van der Waals surface area contributed by atoms with Crippen LogP contribution >= 0.6 is 0 Å². The summed E-state index contributed by atoms with van der Waals surface area (Å²) in [4.78, 5) is 6.80. The second kappa shape index (κ2) is 7.99. The Labute approximate surface area is 150 Å². The summed E-state index contributed by atoms with van der Waals surface area (Å²) in [5.41, 5.74) is 0.963. The molecule has 0 radical (unpaired) electrons. The number of hydrogen-bond donors (Lipinski definition) is 0. The van der Waals surface area contributed by atoms with Crippen molar-refractivity contribution in [3.63, 3.8) is 0 Å². The van der Waals surface area contributed by atoms with E-state index in [1.165, 1.54) is 0 Å². The van der Waals surface area contributed by atoms with Crippen molar-refractivity contribution in [3.8, 4) is 5.88 Å². The zero-order valence-corrected chi connectivity index (χ0v) is 15.7. The molecule has 0 spiro atoms. The lowest BCUT2D eigenvalue weighted by Gasteiger charge is -2.41. The third-order valence-corrected chi connectivity index (χ3v) is 6.93. The molecule has 7 nitrogen and oxygen atoms in total. The van der Waals surface area contributed by atoms with Crippen LogP contribution in [0.15, 0.2) is 18.2 Å². The number of fused-ring (bicyclic) bond motifs is 1. The maximum absolute atomic E-state index is 12.4. The molecule has 2 fully saturated rings. The van der Waals surface area contributed by atoms with E-state index in [1.54, 1.807) is 18.3 Å². The van der Waals surface area contributed by atoms with E-state index < -0.39 is 10.0 Å². The normalized spacial score (nSPS) is 26.0. The Morgan fingerprint density at radius 1 is 1.36 bits per heavy atom. The van der Waals surface area contributed by atoms with Crippen LogP contribution in [0.4, 0.5) is 0 Å². The lowest BCUT2D eigenvalue weighted by atomic mass is 9.93. The Morgan fingerprint density at radius 3 is 2.96 bits per heavy atom. The summed E-state index contributed by atoms with van der Waals surface area (Å²) in [5.74, 6) is 0.960. The number of piperidine rings is 1. The van der Waals surface area contributed by atoms with Crippen LogP contribution in [0.1, 0.15) is 19.0 Å². The number of aromatic nitrogens is 1. The van der Waals surface area contributed by atoms with E-state index in [9.17, 15) is 8.42 Å². The van der Waals surface area contributed by atoms with Gasteiger partial charge in [0.05, 0.1) is 31.8 Å². The number of ether oxygens (including phenoxy) is 2. The van der Waals surface area contributed by atoms with E-state index in [2.05, 4.69) is 9.88 Å². The average Bonchev–Trinajstić information content (AvgIpc) is 2.84. The van der Waals surface area contributed by atoms with Crippen LogP contribution in [0.2, 0.25) is 0 Å². The molecule has 0 unspecified atom stereocenters. The number of pyridine rings is 1. The second-order valence-electron chi connectivity index (χ2n) is 6.61. The predicted octanol–water partition coefficient (Wildman–Crippen LogP) is 0.963. The molecule has 3 rings (SSSR count). The van der Waals surface area contributed by atoms with Crippen molar-refractivity contribution in [2.45, 2.75) is 25.9 Å². The summed E-state index contributed by atoms with van der Waals surface area (Å²) in [7, 11) is -1.58. The number of rotatable bonds is 5. The van der Waals surface area contributed by atoms with Crippen molar-refractivity contribution in [3.05, 3.63) is 23.9 Å². The number of nitrogens with zero attached hydrogens (tertiary/aromatic N) is 3. The first kappa shape index (κ1) is 18.6. The molecule has 2 aliphatic rings. The van der Waals surface area contributed by atoms with Gasteiger partial charge in [-0.1, -0.05) is 6.07 Å². The van der Waals surface area contributed by atoms with E-state index in [1.807, 2.05) is 18.2 Å². The Balaban J connectivity index is 1.69. The molecule has 0 N–H and O–H groups in total. The molecule has 1 aromatic rings. The molecular formula is C17H27N3O4S. The van der Waals surface area contributed by atoms with E-state index in [0.29, 0.717) is 25.6 Å². The largest absolute Gasteiger partial charge is 0.481 e. The van der Waals surface area contributed by atoms with Gasteiger partial charge in [-0.2, -0.15) is 4.31 Å². The van der Waals surface area contributed by atoms with Crippen molar-refractivity contribution in [1.29, 1.82) is 0 Å². The first-order valence-corrected chi connectivity index (χ1v) is 10.4. The van der Waals surface area contributed by atoms with Gasteiger partial charge in [-0.25, -0.2) is 13.4 Å². The van der Waals surface area contributed by atoms with Crippen LogP contribution in [-0.2, 0) is 21.3 Å². The average molecular weight is 369 g/mol. The first-order chi connectivity index (χ1) is 12.0. The minimum atomic E-state index is -3.19. The molecule has 0 amide bonds. The predicted molar refractivity (Wildman–Crippen MR) is 94.9 cm³/mol. The fourth-order valence-electron chi connectivity index (χ4n) is 3.74. The topological polar surface area (TPSA) is 72.0 Å². The fraction of sp³-hybridized carbons (Fsp3) is 0.706. The van der Waals surface area contributed by atoms with Gasteiger partial charge in [-0.15, -0.1) is 0 Å². The molecule has 2 atom stereocenters. The highest BCUT2D eigenvalue weighted by molar-refractivity contribution is 7.89. The molecule has 0 aliphatic carbocycles. The van der Waals surface area contributed by atoms with E-state index in [0.717, 1.165) is 31.7 Å². The van der Waals surface area contributed by atoms with Crippen LogP contribution in [0.3, 0.4) is 0 Å². The van der Waals surface area contributed by atoms with Crippen molar-refractivity contribution >= 4 is 10.0 Å². The van der Waals surface area contributed by atoms with Gasteiger partial charge in [-0.05, 0) is 19.4 Å². The number of methoxy groups -OCH3 is 1. The third kappa shape index (κ3) is 4.31. The summed E-state index contributed by atoms with van der Waals surface area (Å²) in [6.07, 6.45) is 0.831. The molecule has 2 saturated heterocycles. The van der Waals surface area contributed by atoms with Crippen molar-refractivity contribution < 1.29 is 17.9 Å². The second-order valence-corrected chi connectivity index (χ2v) is 8.82. The van der Waals surface area contributed by atoms with Gasteiger partial charge in [0.15, 0.2) is 0 Å². The van der Waals surface area contributed by atoms with Crippen LogP contribution in [0.25, 0.3) is 0 Å². The third-order valence-electron chi connectivity index (χ3n) is 5.03. The highest BCUT2D eigenvalue weighted by atomic mass is 32.2. The minimum Gasteiger partial charge on any atom is -0.481 e. The van der Waals surface area contributed by atoms with Gasteiger partial charge in [0, 0.05) is 44.2 Å². The van der Waals surface area contributed by atoms with E-state index in [4.69, 9.17) is 9.47 Å². The molecule has 0 bridgehead atoms. The van der Waals surface area contributed by atoms with Crippen LogP contribution in [0.5, 0.6) is 5.88 Å². The van der Waals surface area contributed by atoms with Gasteiger partial charge >= 0.3 is 0 Å². The van der Waals surface area contributed by atoms with E-state index >= 15 is 0 Å². The van der Waals surface area contributed by atoms with Gasteiger partial charge in [0.2, 0.25) is 15.9 Å². The monoisotopic (exact) mass is 369 g/mol. The van der Waals surface area contributed by atoms with Crippen LogP contribution < -0.4 is 4.74 Å². The summed E-state index contributed by atoms with van der Waals surface area (Å²) < 4.78 is 37.5. The highest BCUT2D eigenvalue weighted by Gasteiger charge is 2.39. The Bertz CT molecular complexity index is 682. The van der Waals surface area contributed by atoms with Crippen LogP contribution in [-0.4, -0.2) is 74.4 Å². The van der Waals surface area contributed by atoms with Crippen LogP contribution in [0, 0.1) is 5.92 Å². The quantitative estimate of drug-likeness (QED) is 0.770. The molecule has 0 aromatic carbocycles.